The smallest absolute Gasteiger partial charge is 0.408 e. The molecule has 1 aliphatic heterocycles. The molecule has 5 heteroatoms. The monoisotopic (exact) mass is 269 g/mol. The summed E-state index contributed by atoms with van der Waals surface area (Å²) in [6.07, 6.45) is 3.05. The summed E-state index contributed by atoms with van der Waals surface area (Å²) < 4.78 is 5.38. The van der Waals surface area contributed by atoms with Gasteiger partial charge in [-0.05, 0) is 40.0 Å². The largest absolute Gasteiger partial charge is 0.444 e. The van der Waals surface area contributed by atoms with Crippen LogP contribution in [0.15, 0.2) is 0 Å². The molecule has 1 amide bonds. The number of ether oxygens (including phenoxy) is 1. The number of hydrogen-bond acceptors (Lipinski definition) is 4. The highest BCUT2D eigenvalue weighted by molar-refractivity contribution is 5.69. The second-order valence-electron chi connectivity index (χ2n) is 6.79. The molecule has 1 heterocycles. The zero-order valence-electron chi connectivity index (χ0n) is 12.4. The van der Waals surface area contributed by atoms with E-state index in [0.29, 0.717) is 0 Å². The van der Waals surface area contributed by atoms with Crippen molar-refractivity contribution in [2.45, 2.75) is 51.2 Å². The summed E-state index contributed by atoms with van der Waals surface area (Å²) in [5, 5.41) is 6.47. The van der Waals surface area contributed by atoms with Crippen LogP contribution in [0.25, 0.3) is 0 Å². The number of amides is 1. The number of hydrogen-bond donors (Lipinski definition) is 2. The van der Waals surface area contributed by atoms with Gasteiger partial charge in [-0.1, -0.05) is 0 Å². The normalized spacial score (nSPS) is 23.5. The van der Waals surface area contributed by atoms with Gasteiger partial charge < -0.3 is 15.4 Å². The van der Waals surface area contributed by atoms with Gasteiger partial charge in [-0.25, -0.2) is 4.79 Å². The van der Waals surface area contributed by atoms with E-state index in [4.69, 9.17) is 4.74 Å². The van der Waals surface area contributed by atoms with Crippen molar-refractivity contribution in [1.82, 2.24) is 15.5 Å². The van der Waals surface area contributed by atoms with Crippen molar-refractivity contribution in [3.05, 3.63) is 0 Å². The fourth-order valence-electron chi connectivity index (χ4n) is 2.74. The van der Waals surface area contributed by atoms with Crippen molar-refractivity contribution < 1.29 is 9.53 Å². The molecule has 19 heavy (non-hydrogen) atoms. The fraction of sp³-hybridized carbons (Fsp3) is 0.929. The van der Waals surface area contributed by atoms with Crippen LogP contribution in [0.1, 0.15) is 40.0 Å². The Kier molecular flexibility index (Phi) is 4.36. The van der Waals surface area contributed by atoms with Crippen LogP contribution in [0.4, 0.5) is 4.79 Å². The van der Waals surface area contributed by atoms with Crippen LogP contribution >= 0.6 is 0 Å². The fourth-order valence-corrected chi connectivity index (χ4v) is 2.74. The number of piperazine rings is 1. The van der Waals surface area contributed by atoms with Crippen molar-refractivity contribution in [2.75, 3.05) is 32.7 Å². The van der Waals surface area contributed by atoms with E-state index in [0.717, 1.165) is 45.6 Å². The molecule has 2 N–H and O–H groups in total. The van der Waals surface area contributed by atoms with E-state index in [2.05, 4.69) is 15.5 Å². The lowest BCUT2D eigenvalue weighted by atomic mass is 9.76. The molecule has 1 saturated carbocycles. The second kappa shape index (κ2) is 5.67. The van der Waals surface area contributed by atoms with E-state index in [1.54, 1.807) is 0 Å². The summed E-state index contributed by atoms with van der Waals surface area (Å²) in [4.78, 5) is 14.4. The lowest BCUT2D eigenvalue weighted by Gasteiger charge is -2.46. The number of alkyl carbamates (subject to hydrolysis) is 1. The molecule has 1 aliphatic carbocycles. The molecule has 0 bridgehead atoms. The summed E-state index contributed by atoms with van der Waals surface area (Å²) in [6.45, 7) is 10.9. The number of rotatable bonds is 3. The van der Waals surface area contributed by atoms with Gasteiger partial charge in [0.25, 0.3) is 0 Å². The molecule has 0 aromatic carbocycles. The highest BCUT2D eigenvalue weighted by atomic mass is 16.6. The van der Waals surface area contributed by atoms with E-state index in [9.17, 15) is 4.79 Å². The maximum atomic E-state index is 11.9. The van der Waals surface area contributed by atoms with Crippen molar-refractivity contribution in [3.63, 3.8) is 0 Å². The summed E-state index contributed by atoms with van der Waals surface area (Å²) in [5.41, 5.74) is -0.482. The molecule has 2 fully saturated rings. The lowest BCUT2D eigenvalue weighted by Crippen LogP contribution is -2.62. The highest BCUT2D eigenvalue weighted by Crippen LogP contribution is 2.33. The third kappa shape index (κ3) is 4.35. The van der Waals surface area contributed by atoms with Crippen LogP contribution in [0, 0.1) is 0 Å². The standard InChI is InChI=1S/C14H27N3O2/c1-13(2,3)19-12(18)16-14(5-4-6-14)11-17-9-7-15-8-10-17/h15H,4-11H2,1-3H3,(H,16,18). The Morgan fingerprint density at radius 1 is 1.32 bits per heavy atom. The topological polar surface area (TPSA) is 53.6 Å². The minimum Gasteiger partial charge on any atom is -0.444 e. The third-order valence-electron chi connectivity index (χ3n) is 3.81. The molecule has 0 atom stereocenters. The highest BCUT2D eigenvalue weighted by Gasteiger charge is 2.40. The Morgan fingerprint density at radius 2 is 1.95 bits per heavy atom. The Morgan fingerprint density at radius 3 is 2.42 bits per heavy atom. The molecule has 0 radical (unpaired) electrons. The first-order valence-corrected chi connectivity index (χ1v) is 7.33. The average Bonchev–Trinajstić information content (AvgIpc) is 2.25. The molecular weight excluding hydrogens is 242 g/mol. The summed E-state index contributed by atoms with van der Waals surface area (Å²) >= 11 is 0. The number of nitrogens with zero attached hydrogens (tertiary/aromatic N) is 1. The third-order valence-corrected chi connectivity index (χ3v) is 3.81. The van der Waals surface area contributed by atoms with Gasteiger partial charge in [0.15, 0.2) is 0 Å². The maximum absolute atomic E-state index is 11.9. The van der Waals surface area contributed by atoms with Gasteiger partial charge in [-0.15, -0.1) is 0 Å². The van der Waals surface area contributed by atoms with Gasteiger partial charge in [-0.2, -0.15) is 0 Å². The van der Waals surface area contributed by atoms with Gasteiger partial charge in [0.2, 0.25) is 0 Å². The first-order valence-electron chi connectivity index (χ1n) is 7.33. The van der Waals surface area contributed by atoms with Crippen LogP contribution in [0.2, 0.25) is 0 Å². The Hall–Kier alpha value is -0.810. The second-order valence-corrected chi connectivity index (χ2v) is 6.79. The van der Waals surface area contributed by atoms with E-state index in [1.165, 1.54) is 6.42 Å². The van der Waals surface area contributed by atoms with E-state index >= 15 is 0 Å². The number of nitrogens with one attached hydrogen (secondary N) is 2. The Balaban J connectivity index is 1.85. The summed E-state index contributed by atoms with van der Waals surface area (Å²) in [6, 6.07) is 0. The molecule has 0 aromatic rings. The van der Waals surface area contributed by atoms with Crippen molar-refractivity contribution in [1.29, 1.82) is 0 Å². The van der Waals surface area contributed by atoms with Gasteiger partial charge in [0.1, 0.15) is 5.60 Å². The predicted molar refractivity (Wildman–Crippen MR) is 75.3 cm³/mol. The first kappa shape index (κ1) is 14.6. The SMILES string of the molecule is CC(C)(C)OC(=O)NC1(CN2CCNCC2)CCC1. The summed E-state index contributed by atoms with van der Waals surface area (Å²) in [7, 11) is 0. The van der Waals surface area contributed by atoms with Crippen LogP contribution in [-0.2, 0) is 4.74 Å². The average molecular weight is 269 g/mol. The van der Waals surface area contributed by atoms with Crippen LogP contribution < -0.4 is 10.6 Å². The first-order chi connectivity index (χ1) is 8.89. The molecule has 2 aliphatic rings. The van der Waals surface area contributed by atoms with E-state index in [-0.39, 0.29) is 11.6 Å². The predicted octanol–water partition coefficient (Wildman–Crippen LogP) is 1.34. The molecule has 2 rings (SSSR count). The minimum atomic E-state index is -0.427. The number of carbonyl (C=O) groups is 1. The molecule has 0 unspecified atom stereocenters. The molecule has 110 valence electrons. The van der Waals surface area contributed by atoms with Gasteiger partial charge >= 0.3 is 6.09 Å². The lowest BCUT2D eigenvalue weighted by molar-refractivity contribution is 0.0305. The minimum absolute atomic E-state index is 0.0559. The molecule has 5 nitrogen and oxygen atoms in total. The zero-order chi connectivity index (χ0) is 13.9. The van der Waals surface area contributed by atoms with E-state index in [1.807, 2.05) is 20.8 Å². The maximum Gasteiger partial charge on any atom is 0.408 e. The van der Waals surface area contributed by atoms with Crippen molar-refractivity contribution in [3.8, 4) is 0 Å². The Labute approximate surface area is 116 Å². The Bertz CT molecular complexity index is 315. The molecule has 0 aromatic heterocycles. The quantitative estimate of drug-likeness (QED) is 0.812. The zero-order valence-corrected chi connectivity index (χ0v) is 12.4. The summed E-state index contributed by atoms with van der Waals surface area (Å²) in [5.74, 6) is 0. The molecular formula is C14H27N3O2. The van der Waals surface area contributed by atoms with Crippen molar-refractivity contribution in [2.24, 2.45) is 0 Å². The van der Waals surface area contributed by atoms with Crippen LogP contribution in [0.5, 0.6) is 0 Å². The van der Waals surface area contributed by atoms with Gasteiger partial charge in [-0.3, -0.25) is 4.90 Å². The van der Waals surface area contributed by atoms with Crippen LogP contribution in [-0.4, -0.2) is 54.9 Å². The van der Waals surface area contributed by atoms with Gasteiger partial charge in [0.05, 0.1) is 5.54 Å². The van der Waals surface area contributed by atoms with E-state index < -0.39 is 5.60 Å². The number of carbonyl (C=O) groups excluding carboxylic acids is 1. The van der Waals surface area contributed by atoms with Crippen LogP contribution in [0.3, 0.4) is 0 Å². The molecule has 0 spiro atoms. The van der Waals surface area contributed by atoms with Gasteiger partial charge in [0, 0.05) is 32.7 Å². The molecule has 1 saturated heterocycles. The van der Waals surface area contributed by atoms with Crippen molar-refractivity contribution >= 4 is 6.09 Å².